The van der Waals surface area contributed by atoms with Crippen molar-refractivity contribution in [3.8, 4) is 0 Å². The Hall–Kier alpha value is -6.58. The lowest BCUT2D eigenvalue weighted by atomic mass is 9.75. The highest BCUT2D eigenvalue weighted by Crippen LogP contribution is 2.41. The zero-order chi connectivity index (χ0) is 61.6. The summed E-state index contributed by atoms with van der Waals surface area (Å²) in [4.78, 5) is 101. The zero-order valence-electron chi connectivity index (χ0n) is 48.7. The molecule has 4 N–H and O–H groups in total. The molecule has 2 saturated carbocycles. The van der Waals surface area contributed by atoms with E-state index in [2.05, 4.69) is 46.4 Å². The van der Waals surface area contributed by atoms with E-state index < -0.39 is 47.6 Å². The summed E-state index contributed by atoms with van der Waals surface area (Å²) >= 11 is 18.8. The number of nitrogens with one attached hydrogen (secondary N) is 2. The van der Waals surface area contributed by atoms with Crippen LogP contribution in [0, 0.1) is 42.7 Å². The van der Waals surface area contributed by atoms with Gasteiger partial charge in [-0.2, -0.15) is 0 Å². The molecule has 4 amide bonds. The number of hydrogen-bond acceptors (Lipinski definition) is 17. The highest BCUT2D eigenvalue weighted by molar-refractivity contribution is 9.09. The summed E-state index contributed by atoms with van der Waals surface area (Å²) < 4.78 is 39.2. The minimum absolute atomic E-state index is 0. The maximum Gasteiger partial charge on any atom is 0.338 e. The van der Waals surface area contributed by atoms with Crippen LogP contribution in [0.4, 0.5) is 18.4 Å². The number of carboxylic acid groups (broad SMARTS) is 2. The van der Waals surface area contributed by atoms with Crippen LogP contribution in [0.5, 0.6) is 0 Å². The van der Waals surface area contributed by atoms with Crippen LogP contribution in [0.3, 0.4) is 0 Å². The van der Waals surface area contributed by atoms with Crippen molar-refractivity contribution in [1.29, 1.82) is 0 Å². The molecule has 2 aromatic carbocycles. The number of urea groups is 2. The van der Waals surface area contributed by atoms with Crippen molar-refractivity contribution >= 4 is 109 Å². The first-order chi connectivity index (χ1) is 41.9. The van der Waals surface area contributed by atoms with Gasteiger partial charge in [0.15, 0.2) is 21.7 Å². The Kier molecular flexibility index (Phi) is 22.0. The van der Waals surface area contributed by atoms with Gasteiger partial charge in [-0.25, -0.2) is 37.9 Å². The van der Waals surface area contributed by atoms with Crippen molar-refractivity contribution in [2.75, 3.05) is 77.4 Å². The van der Waals surface area contributed by atoms with Gasteiger partial charge in [0, 0.05) is 110 Å². The number of thiazole rings is 2. The molecular formula is C60H69BrCl2F2N11O10S2-. The normalized spacial score (nSPS) is 24.8. The van der Waals surface area contributed by atoms with Gasteiger partial charge in [0.05, 0.1) is 58.3 Å². The Bertz CT molecular complexity index is 3370. The number of esters is 2. The fourth-order valence-electron chi connectivity index (χ4n) is 12.4. The summed E-state index contributed by atoms with van der Waals surface area (Å²) in [6.07, 6.45) is 9.49. The molecule has 28 heteroatoms. The molecule has 4 atom stereocenters. The van der Waals surface area contributed by atoms with Crippen molar-refractivity contribution in [3.05, 3.63) is 132 Å². The van der Waals surface area contributed by atoms with Crippen LogP contribution >= 0.6 is 61.8 Å². The van der Waals surface area contributed by atoms with Crippen molar-refractivity contribution in [2.24, 2.45) is 33.7 Å². The minimum Gasteiger partial charge on any atom is -0.481 e. The number of rotatable bonds is 17. The first kappa shape index (κ1) is 65.9. The zero-order valence-corrected chi connectivity index (χ0v) is 53.4. The maximum absolute atomic E-state index is 14.6. The number of carboxylic acids is 2. The van der Waals surface area contributed by atoms with Gasteiger partial charge in [-0.3, -0.25) is 24.5 Å². The lowest BCUT2D eigenvalue weighted by Gasteiger charge is -2.38. The lowest BCUT2D eigenvalue weighted by molar-refractivity contribution is -0.147. The summed E-state index contributed by atoms with van der Waals surface area (Å²) in [6.45, 7) is 9.48. The third-order valence-electron chi connectivity index (χ3n) is 16.8. The number of amides is 4. The number of fused-ring (bicyclic) bond motifs is 2. The molecule has 8 aliphatic rings. The number of aromatic nitrogens is 2. The van der Waals surface area contributed by atoms with Gasteiger partial charge in [0.2, 0.25) is 0 Å². The second-order valence-corrected chi connectivity index (χ2v) is 25.5. The Labute approximate surface area is 535 Å². The molecule has 88 heavy (non-hydrogen) atoms. The number of carbonyl (C=O) groups excluding carboxylic acids is 4. The number of allylic oxidation sites excluding steroid dienone is 1. The smallest absolute Gasteiger partial charge is 0.338 e. The van der Waals surface area contributed by atoms with Crippen LogP contribution in [-0.4, -0.2) is 182 Å². The molecule has 12 rings (SSSR count). The molecule has 6 aliphatic heterocycles. The van der Waals surface area contributed by atoms with Gasteiger partial charge in [0.1, 0.15) is 23.7 Å². The van der Waals surface area contributed by atoms with E-state index in [1.807, 2.05) is 30.4 Å². The van der Waals surface area contributed by atoms with E-state index in [0.717, 1.165) is 45.3 Å². The molecule has 8 heterocycles. The number of nitrogens with zero attached hydrogens (tertiary/aromatic N) is 9. The van der Waals surface area contributed by atoms with E-state index in [0.29, 0.717) is 114 Å². The van der Waals surface area contributed by atoms with Gasteiger partial charge in [-0.15, -0.1) is 22.7 Å². The van der Waals surface area contributed by atoms with Crippen LogP contribution in [0.2, 0.25) is 10.0 Å². The van der Waals surface area contributed by atoms with Gasteiger partial charge in [-0.05, 0) is 82.8 Å². The number of aliphatic imine (C=N–C) groups is 2. The number of piperidine rings is 1. The first-order valence-corrected chi connectivity index (χ1v) is 32.6. The van der Waals surface area contributed by atoms with Gasteiger partial charge in [0.25, 0.3) is 0 Å². The number of ether oxygens (including phenoxy) is 2. The molecule has 21 nitrogen and oxygen atoms in total. The molecule has 0 radical (unpaired) electrons. The van der Waals surface area contributed by atoms with E-state index in [1.54, 1.807) is 38.4 Å². The molecular weight excluding hydrogens is 1290 g/mol. The molecule has 2 aromatic heterocycles. The van der Waals surface area contributed by atoms with Gasteiger partial charge >= 0.3 is 35.9 Å². The number of carbonyl (C=O) groups is 6. The average molecular weight is 1360 g/mol. The van der Waals surface area contributed by atoms with Crippen molar-refractivity contribution in [2.45, 2.75) is 83.0 Å². The third-order valence-corrected chi connectivity index (χ3v) is 19.7. The Morgan fingerprint density at radius 1 is 0.682 bits per heavy atom. The van der Waals surface area contributed by atoms with Crippen molar-refractivity contribution in [3.63, 3.8) is 0 Å². The molecule has 6 fully saturated rings. The number of aliphatic carboxylic acids is 2. The molecule has 4 aromatic rings. The maximum atomic E-state index is 14.6. The van der Waals surface area contributed by atoms with E-state index in [1.165, 1.54) is 53.4 Å². The highest BCUT2D eigenvalue weighted by atomic mass is 79.9. The van der Waals surface area contributed by atoms with Crippen LogP contribution in [0.15, 0.2) is 92.1 Å². The van der Waals surface area contributed by atoms with Crippen LogP contribution in [-0.2, 0) is 28.7 Å². The monoisotopic (exact) mass is 1350 g/mol. The van der Waals surface area contributed by atoms with Crippen LogP contribution in [0.1, 0.15) is 92.0 Å². The van der Waals surface area contributed by atoms with E-state index in [9.17, 15) is 42.7 Å². The third kappa shape index (κ3) is 14.5. The molecule has 2 aliphatic carbocycles. The molecule has 0 bridgehead atoms. The summed E-state index contributed by atoms with van der Waals surface area (Å²) in [5, 5.41) is 29.6. The fraction of sp³-hybridized carbons (Fsp3) is 0.483. The minimum atomic E-state index is -0.917. The van der Waals surface area contributed by atoms with Gasteiger partial charge < -0.3 is 57.3 Å². The predicted octanol–water partition coefficient (Wildman–Crippen LogP) is 9.45. The topological polar surface area (TPSA) is 252 Å². The SMILES string of the molecule is CCOC(=O)C1=C(CBr)NC(c2nccs2)=N[C@H]1c1cccc(F)c1Cl.CCOC(=O)C1=C(CN2CCN3C(=O)N(CC4CC(C(=O)O)C4)C[C@@H]3C2)NC(c2nccs2)=N[C@H]1c1cccc(F)c1Cl.O=C(O)C1CC(CN2C[C@@H]3CCCCN3C2=O)C1.[CH3-]. The average Bonchev–Trinajstić information content (AvgIpc) is 2.22. The number of hydrogen-bond donors (Lipinski definition) is 4. The summed E-state index contributed by atoms with van der Waals surface area (Å²) in [5.41, 5.74) is 2.42. The largest absolute Gasteiger partial charge is 0.481 e. The standard InChI is InChI=1S/C29H32ClFN6O5S.C17H14BrClFN3O2S.C13H20N2O3.CH3/c1-2-42-28(40)22-21(33-25(26-32-6-9-43-26)34-24(22)19-4-3-5-20(31)23(19)30)15-35-7-8-37-18(13-35)14-36(29(37)41)12-16-10-17(11-16)27(38)39;1-2-25-17(24)12-11(8-18)22-15(16-21-6-7-26-16)23-14(12)9-4-3-5-10(20)13(9)19;16-12(17)10-5-9(6-10)7-14-8-11-3-1-2-4-15(11)13(14)18;/h3-6,9,16-18,24H,2,7-8,10-15H2,1H3,(H,33,34)(H,38,39);3-7,14H,2,8H2,1H3,(H,22,23);9-11H,1-8H2,(H,16,17);1H3/q;;;-1/t16?,17?,18-,24-;14-;9?,10?,11-;/m000./s1. The second kappa shape index (κ2) is 29.4. The number of piperazine rings is 1. The number of halogens is 5. The van der Waals surface area contributed by atoms with Crippen LogP contribution < -0.4 is 10.6 Å². The molecule has 0 spiro atoms. The second-order valence-electron chi connectivity index (χ2n) is 22.4. The fourth-order valence-corrected chi connectivity index (χ4v) is 14.5. The Morgan fingerprint density at radius 2 is 1.16 bits per heavy atom. The van der Waals surface area contributed by atoms with E-state index in [4.69, 9.17) is 42.8 Å². The molecule has 0 unspecified atom stereocenters. The summed E-state index contributed by atoms with van der Waals surface area (Å²) in [7, 11) is 0. The van der Waals surface area contributed by atoms with Crippen molar-refractivity contribution < 1.29 is 57.2 Å². The van der Waals surface area contributed by atoms with E-state index in [-0.39, 0.29) is 77.7 Å². The molecule has 4 saturated heterocycles. The quantitative estimate of drug-likeness (QED) is 0.0436. The van der Waals surface area contributed by atoms with Crippen LogP contribution in [0.25, 0.3) is 0 Å². The Balaban J connectivity index is 0.000000173. The lowest BCUT2D eigenvalue weighted by Crippen LogP contribution is -2.53. The molecule has 472 valence electrons. The number of alkyl halides is 1. The number of benzene rings is 2. The van der Waals surface area contributed by atoms with Gasteiger partial charge in [-0.1, -0.05) is 63.4 Å². The number of amidine groups is 2. The van der Waals surface area contributed by atoms with Crippen molar-refractivity contribution in [1.82, 2.24) is 45.1 Å². The summed E-state index contributed by atoms with van der Waals surface area (Å²) in [5.74, 6) is -2.66. The predicted molar refractivity (Wildman–Crippen MR) is 332 cm³/mol. The highest BCUT2D eigenvalue weighted by Gasteiger charge is 2.46. The Morgan fingerprint density at radius 3 is 1.61 bits per heavy atom. The first-order valence-electron chi connectivity index (χ1n) is 29.0. The van der Waals surface area contributed by atoms with E-state index >= 15 is 0 Å². The summed E-state index contributed by atoms with van der Waals surface area (Å²) in [6, 6.07) is 7.72.